The summed E-state index contributed by atoms with van der Waals surface area (Å²) in [6.45, 7) is 8.24. The van der Waals surface area contributed by atoms with E-state index in [4.69, 9.17) is 4.74 Å². The maximum Gasteiger partial charge on any atom is 0.337 e. The first-order chi connectivity index (χ1) is 13.5. The molecule has 1 aliphatic rings. The maximum atomic E-state index is 13.1. The molecule has 1 amide bonds. The van der Waals surface area contributed by atoms with Crippen molar-refractivity contribution in [1.82, 2.24) is 19.4 Å². The normalized spacial score (nSPS) is 16.6. The summed E-state index contributed by atoms with van der Waals surface area (Å²) >= 11 is 0. The van der Waals surface area contributed by atoms with Crippen molar-refractivity contribution < 1.29 is 14.6 Å². The second-order valence-electron chi connectivity index (χ2n) is 7.67. The third-order valence-corrected chi connectivity index (χ3v) is 5.09. The Bertz CT molecular complexity index is 851. The van der Waals surface area contributed by atoms with Crippen molar-refractivity contribution in [1.29, 1.82) is 0 Å². The Hall–Kier alpha value is -2.16. The number of rotatable bonds is 7. The number of fused-ring (bicyclic) bond motifs is 1. The summed E-state index contributed by atoms with van der Waals surface area (Å²) in [4.78, 5) is 28.2. The molecule has 154 valence electrons. The number of carbonyl (C=O) groups excluding carboxylic acids is 1. The standard InChI is InChI=1S/C20H30N4O4/c1-15(2)13-16(14-25)21-19(26)24-18-6-4-3-5-17(18)23(20(24)27)8-7-22-9-11-28-12-10-22/h3-6,15-16,25H,7-14H2,1-2H3,(H,21,26)/t16-/m0/s1. The zero-order valence-electron chi connectivity index (χ0n) is 16.6. The molecular weight excluding hydrogens is 360 g/mol. The molecule has 2 N–H and O–H groups in total. The van der Waals surface area contributed by atoms with E-state index in [0.29, 0.717) is 37.6 Å². The summed E-state index contributed by atoms with van der Waals surface area (Å²) in [6, 6.07) is 6.44. The summed E-state index contributed by atoms with van der Waals surface area (Å²) < 4.78 is 8.20. The molecule has 0 bridgehead atoms. The minimum absolute atomic E-state index is 0.158. The minimum Gasteiger partial charge on any atom is -0.394 e. The van der Waals surface area contributed by atoms with E-state index in [1.54, 1.807) is 10.6 Å². The molecule has 28 heavy (non-hydrogen) atoms. The van der Waals surface area contributed by atoms with Crippen LogP contribution in [-0.2, 0) is 11.3 Å². The number of nitrogens with one attached hydrogen (secondary N) is 1. The van der Waals surface area contributed by atoms with Crippen LogP contribution in [0.4, 0.5) is 4.79 Å². The van der Waals surface area contributed by atoms with E-state index < -0.39 is 6.03 Å². The predicted octanol–water partition coefficient (Wildman–Crippen LogP) is 1.10. The van der Waals surface area contributed by atoms with Gasteiger partial charge in [0.2, 0.25) is 0 Å². The average molecular weight is 390 g/mol. The third-order valence-electron chi connectivity index (χ3n) is 5.09. The number of imidazole rings is 1. The first-order valence-electron chi connectivity index (χ1n) is 9.93. The second kappa shape index (κ2) is 9.36. The van der Waals surface area contributed by atoms with Crippen LogP contribution in [0.2, 0.25) is 0 Å². The van der Waals surface area contributed by atoms with E-state index in [2.05, 4.69) is 10.2 Å². The Labute approximate surface area is 164 Å². The van der Waals surface area contributed by atoms with Gasteiger partial charge in [-0.2, -0.15) is 0 Å². The maximum absolute atomic E-state index is 13.1. The van der Waals surface area contributed by atoms with Gasteiger partial charge in [0, 0.05) is 26.2 Å². The molecule has 1 aromatic heterocycles. The number of nitrogens with zero attached hydrogens (tertiary/aromatic N) is 3. The second-order valence-corrected chi connectivity index (χ2v) is 7.67. The molecule has 2 aromatic rings. The minimum atomic E-state index is -0.494. The molecule has 0 unspecified atom stereocenters. The first-order valence-corrected chi connectivity index (χ1v) is 9.93. The molecule has 8 nitrogen and oxygen atoms in total. The topological polar surface area (TPSA) is 88.7 Å². The zero-order chi connectivity index (χ0) is 20.1. The van der Waals surface area contributed by atoms with Crippen molar-refractivity contribution in [3.8, 4) is 0 Å². The van der Waals surface area contributed by atoms with Crippen LogP contribution in [0, 0.1) is 5.92 Å². The van der Waals surface area contributed by atoms with E-state index in [1.807, 2.05) is 32.0 Å². The smallest absolute Gasteiger partial charge is 0.337 e. The van der Waals surface area contributed by atoms with Crippen molar-refractivity contribution in [2.75, 3.05) is 39.5 Å². The van der Waals surface area contributed by atoms with E-state index >= 15 is 0 Å². The molecule has 1 aliphatic heterocycles. The fraction of sp³-hybridized carbons (Fsp3) is 0.600. The lowest BCUT2D eigenvalue weighted by atomic mass is 10.0. The monoisotopic (exact) mass is 390 g/mol. The molecule has 3 rings (SSSR count). The SMILES string of the molecule is CC(C)C[C@@H](CO)NC(=O)n1c(=O)n(CCN2CCOCC2)c2ccccc21. The first kappa shape index (κ1) is 20.6. The van der Waals surface area contributed by atoms with Gasteiger partial charge in [-0.05, 0) is 24.5 Å². The quantitative estimate of drug-likeness (QED) is 0.739. The number of morpholine rings is 1. The van der Waals surface area contributed by atoms with Crippen molar-refractivity contribution in [3.05, 3.63) is 34.7 Å². The summed E-state index contributed by atoms with van der Waals surface area (Å²) in [6.07, 6.45) is 0.645. The van der Waals surface area contributed by atoms with Gasteiger partial charge in [0.05, 0.1) is 36.9 Å². The fourth-order valence-corrected chi connectivity index (χ4v) is 3.67. The summed E-state index contributed by atoms with van der Waals surface area (Å²) in [5, 5.41) is 12.4. The largest absolute Gasteiger partial charge is 0.394 e. The van der Waals surface area contributed by atoms with Crippen LogP contribution in [0.25, 0.3) is 11.0 Å². The summed E-state index contributed by atoms with van der Waals surface area (Å²) in [5.74, 6) is 0.323. The number of hydrogen-bond acceptors (Lipinski definition) is 5. The highest BCUT2D eigenvalue weighted by Crippen LogP contribution is 2.13. The van der Waals surface area contributed by atoms with Crippen molar-refractivity contribution >= 4 is 17.1 Å². The number of para-hydroxylation sites is 2. The van der Waals surface area contributed by atoms with E-state index in [1.165, 1.54) is 4.57 Å². The number of ether oxygens (including phenoxy) is 1. The molecule has 0 radical (unpaired) electrons. The van der Waals surface area contributed by atoms with Crippen molar-refractivity contribution in [2.24, 2.45) is 5.92 Å². The van der Waals surface area contributed by atoms with Gasteiger partial charge in [-0.1, -0.05) is 26.0 Å². The predicted molar refractivity (Wildman–Crippen MR) is 108 cm³/mol. The lowest BCUT2D eigenvalue weighted by molar-refractivity contribution is 0.0364. The van der Waals surface area contributed by atoms with Crippen LogP contribution in [0.5, 0.6) is 0 Å². The molecule has 0 aliphatic carbocycles. The van der Waals surface area contributed by atoms with Gasteiger partial charge in [-0.15, -0.1) is 0 Å². The van der Waals surface area contributed by atoms with Gasteiger partial charge in [0.1, 0.15) is 0 Å². The molecule has 0 saturated carbocycles. The number of aliphatic hydroxyl groups excluding tert-OH is 1. The number of benzene rings is 1. The molecule has 2 heterocycles. The van der Waals surface area contributed by atoms with Crippen LogP contribution in [0.3, 0.4) is 0 Å². The highest BCUT2D eigenvalue weighted by Gasteiger charge is 2.21. The Morgan fingerprint density at radius 2 is 1.86 bits per heavy atom. The van der Waals surface area contributed by atoms with Crippen LogP contribution < -0.4 is 11.0 Å². The van der Waals surface area contributed by atoms with E-state index in [0.717, 1.165) is 25.2 Å². The Morgan fingerprint density at radius 3 is 2.50 bits per heavy atom. The molecule has 1 fully saturated rings. The van der Waals surface area contributed by atoms with Gasteiger partial charge in [-0.3, -0.25) is 9.47 Å². The van der Waals surface area contributed by atoms with Gasteiger partial charge < -0.3 is 15.2 Å². The Balaban J connectivity index is 1.85. The highest BCUT2D eigenvalue weighted by molar-refractivity contribution is 5.89. The van der Waals surface area contributed by atoms with Crippen molar-refractivity contribution in [3.63, 3.8) is 0 Å². The Kier molecular flexibility index (Phi) is 6.88. The number of hydrogen-bond donors (Lipinski definition) is 2. The van der Waals surface area contributed by atoms with E-state index in [-0.39, 0.29) is 18.3 Å². The van der Waals surface area contributed by atoms with E-state index in [9.17, 15) is 14.7 Å². The molecule has 1 saturated heterocycles. The zero-order valence-corrected chi connectivity index (χ0v) is 16.6. The molecule has 8 heteroatoms. The number of amides is 1. The number of carbonyl (C=O) groups is 1. The van der Waals surface area contributed by atoms with Crippen LogP contribution >= 0.6 is 0 Å². The molecule has 0 spiro atoms. The average Bonchev–Trinajstić information content (AvgIpc) is 2.97. The Morgan fingerprint density at radius 1 is 1.18 bits per heavy atom. The summed E-state index contributed by atoms with van der Waals surface area (Å²) in [5.41, 5.74) is 0.960. The molecule has 1 aromatic carbocycles. The molecule has 1 atom stereocenters. The molecular formula is C20H30N4O4. The lowest BCUT2D eigenvalue weighted by Gasteiger charge is -2.26. The third kappa shape index (κ3) is 4.63. The van der Waals surface area contributed by atoms with Gasteiger partial charge in [-0.25, -0.2) is 14.2 Å². The number of aromatic nitrogens is 2. The van der Waals surface area contributed by atoms with Gasteiger partial charge in [0.25, 0.3) is 0 Å². The lowest BCUT2D eigenvalue weighted by Crippen LogP contribution is -2.44. The van der Waals surface area contributed by atoms with Crippen LogP contribution in [0.15, 0.2) is 29.1 Å². The van der Waals surface area contributed by atoms with Gasteiger partial charge >= 0.3 is 11.7 Å². The summed E-state index contributed by atoms with van der Waals surface area (Å²) in [7, 11) is 0. The van der Waals surface area contributed by atoms with Crippen LogP contribution in [-0.4, -0.2) is 70.7 Å². The van der Waals surface area contributed by atoms with Gasteiger partial charge in [0.15, 0.2) is 0 Å². The number of aliphatic hydroxyl groups is 1. The van der Waals surface area contributed by atoms with Crippen molar-refractivity contribution in [2.45, 2.75) is 32.9 Å². The highest BCUT2D eigenvalue weighted by atomic mass is 16.5. The van der Waals surface area contributed by atoms with Crippen LogP contribution in [0.1, 0.15) is 20.3 Å². The fourth-order valence-electron chi connectivity index (χ4n) is 3.67.